The second kappa shape index (κ2) is 7.20. The summed E-state index contributed by atoms with van der Waals surface area (Å²) in [5.41, 5.74) is 1.12. The molecule has 6 atom stereocenters. The third-order valence-electron chi connectivity index (χ3n) is 5.63. The number of anilines is 2. The second-order valence-corrected chi connectivity index (χ2v) is 8.43. The average Bonchev–Trinajstić information content (AvgIpc) is 3.25. The summed E-state index contributed by atoms with van der Waals surface area (Å²) in [5, 5.41) is 5.25. The van der Waals surface area contributed by atoms with Crippen LogP contribution in [-0.2, 0) is 28.7 Å². The number of benzene rings is 1. The van der Waals surface area contributed by atoms with Gasteiger partial charge in [-0.05, 0) is 36.6 Å². The summed E-state index contributed by atoms with van der Waals surface area (Å²) in [6.07, 6.45) is 0.596. The van der Waals surface area contributed by atoms with E-state index in [1.807, 2.05) is 0 Å². The summed E-state index contributed by atoms with van der Waals surface area (Å²) in [5.74, 6) is -2.52. The summed E-state index contributed by atoms with van der Waals surface area (Å²) < 4.78 is 10.6. The van der Waals surface area contributed by atoms with Gasteiger partial charge in [-0.25, -0.2) is 0 Å². The number of ether oxygens (including phenoxy) is 2. The summed E-state index contributed by atoms with van der Waals surface area (Å²) in [6, 6.07) is 6.56. The lowest BCUT2D eigenvalue weighted by molar-refractivity contribution is -0.157. The summed E-state index contributed by atoms with van der Waals surface area (Å²) in [6.45, 7) is 0.974. The smallest absolute Gasteiger partial charge is 0.310 e. The predicted molar refractivity (Wildman–Crippen MR) is 102 cm³/mol. The Morgan fingerprint density at radius 3 is 2.43 bits per heavy atom. The highest BCUT2D eigenvalue weighted by atomic mass is 79.9. The zero-order valence-corrected chi connectivity index (χ0v) is 16.6. The molecule has 148 valence electrons. The topological polar surface area (TPSA) is 111 Å². The summed E-state index contributed by atoms with van der Waals surface area (Å²) in [4.78, 5) is 47.7. The van der Waals surface area contributed by atoms with Crippen molar-refractivity contribution in [3.05, 3.63) is 24.3 Å². The molecule has 8 nitrogen and oxygen atoms in total. The minimum Gasteiger partial charge on any atom is -0.461 e. The number of alkyl halides is 1. The van der Waals surface area contributed by atoms with Crippen molar-refractivity contribution in [2.45, 2.75) is 24.3 Å². The number of nitrogens with one attached hydrogen (secondary N) is 2. The van der Waals surface area contributed by atoms with Crippen LogP contribution >= 0.6 is 15.9 Å². The van der Waals surface area contributed by atoms with Crippen LogP contribution in [0.1, 0.15) is 13.3 Å². The number of amides is 2. The first-order valence-corrected chi connectivity index (χ1v) is 9.95. The fourth-order valence-electron chi connectivity index (χ4n) is 4.56. The van der Waals surface area contributed by atoms with E-state index in [4.69, 9.17) is 9.47 Å². The molecule has 9 heteroatoms. The molecule has 3 aliphatic rings. The molecular formula is C19H19BrN2O6. The van der Waals surface area contributed by atoms with Crippen molar-refractivity contribution in [2.24, 2.45) is 23.7 Å². The van der Waals surface area contributed by atoms with Crippen LogP contribution < -0.4 is 10.6 Å². The highest BCUT2D eigenvalue weighted by Gasteiger charge is 2.68. The van der Waals surface area contributed by atoms with Gasteiger partial charge in [0.05, 0.1) is 16.7 Å². The largest absolute Gasteiger partial charge is 0.461 e. The molecule has 2 bridgehead atoms. The van der Waals surface area contributed by atoms with E-state index in [0.717, 1.165) is 6.42 Å². The predicted octanol–water partition coefficient (Wildman–Crippen LogP) is 1.70. The van der Waals surface area contributed by atoms with Crippen molar-refractivity contribution in [3.8, 4) is 0 Å². The van der Waals surface area contributed by atoms with Gasteiger partial charge >= 0.3 is 11.9 Å². The Morgan fingerprint density at radius 1 is 1.14 bits per heavy atom. The first-order valence-electron chi connectivity index (χ1n) is 9.04. The maximum absolute atomic E-state index is 12.5. The number of carbonyl (C=O) groups excluding carboxylic acids is 4. The molecule has 0 spiro atoms. The Hall–Kier alpha value is -2.42. The van der Waals surface area contributed by atoms with Crippen molar-refractivity contribution in [1.82, 2.24) is 0 Å². The molecule has 3 fully saturated rings. The van der Waals surface area contributed by atoms with Crippen molar-refractivity contribution >= 4 is 51.1 Å². The van der Waals surface area contributed by atoms with Crippen LogP contribution in [0, 0.1) is 23.7 Å². The number of esters is 2. The first-order chi connectivity index (χ1) is 13.3. The maximum Gasteiger partial charge on any atom is 0.310 e. The molecule has 0 radical (unpaired) electrons. The van der Waals surface area contributed by atoms with E-state index in [-0.39, 0.29) is 34.6 Å². The van der Waals surface area contributed by atoms with E-state index in [1.165, 1.54) is 6.92 Å². The molecular weight excluding hydrogens is 432 g/mol. The Bertz CT molecular complexity index is 841. The molecule has 1 heterocycles. The van der Waals surface area contributed by atoms with Gasteiger partial charge in [-0.2, -0.15) is 0 Å². The summed E-state index contributed by atoms with van der Waals surface area (Å²) >= 11 is 3.54. The van der Waals surface area contributed by atoms with Crippen LogP contribution in [0.5, 0.6) is 0 Å². The first kappa shape index (κ1) is 18.9. The quantitative estimate of drug-likeness (QED) is 0.521. The van der Waals surface area contributed by atoms with Crippen molar-refractivity contribution in [2.75, 3.05) is 17.2 Å². The number of fused-ring (bicyclic) bond motifs is 1. The van der Waals surface area contributed by atoms with Gasteiger partial charge in [0.25, 0.3) is 5.91 Å². The monoisotopic (exact) mass is 450 g/mol. The van der Waals surface area contributed by atoms with Crippen LogP contribution in [0.4, 0.5) is 11.4 Å². The molecule has 2 amide bonds. The normalized spacial score (nSPS) is 32.0. The van der Waals surface area contributed by atoms with Gasteiger partial charge in [0.2, 0.25) is 5.91 Å². The molecule has 0 aromatic heterocycles. The van der Waals surface area contributed by atoms with Crippen LogP contribution in [0.3, 0.4) is 0 Å². The number of carbonyl (C=O) groups is 4. The zero-order valence-electron chi connectivity index (χ0n) is 15.0. The molecule has 0 unspecified atom stereocenters. The molecule has 28 heavy (non-hydrogen) atoms. The van der Waals surface area contributed by atoms with Gasteiger partial charge in [-0.1, -0.05) is 15.9 Å². The lowest BCUT2D eigenvalue weighted by atomic mass is 9.80. The molecule has 4 rings (SSSR count). The summed E-state index contributed by atoms with van der Waals surface area (Å²) in [7, 11) is 0. The van der Waals surface area contributed by atoms with Crippen molar-refractivity contribution in [1.29, 1.82) is 0 Å². The fraction of sp³-hybridized carbons (Fsp3) is 0.474. The fourth-order valence-corrected chi connectivity index (χ4v) is 5.61. The third-order valence-corrected chi connectivity index (χ3v) is 6.83. The SMILES string of the molecule is CC(=O)Nc1ccc(NC(=O)COC(=O)[C@@H]2[C@H]3C[C@H]4[C@H](OC(=O)[C@H]42)[C@@H]3Br)cc1. The van der Waals surface area contributed by atoms with Gasteiger partial charge in [0.1, 0.15) is 6.10 Å². The Morgan fingerprint density at radius 2 is 1.79 bits per heavy atom. The molecule has 1 saturated heterocycles. The highest BCUT2D eigenvalue weighted by Crippen LogP contribution is 2.60. The van der Waals surface area contributed by atoms with Crippen molar-refractivity contribution < 1.29 is 28.7 Å². The van der Waals surface area contributed by atoms with Gasteiger partial charge in [-0.3, -0.25) is 19.2 Å². The minimum atomic E-state index is -0.564. The Balaban J connectivity index is 1.31. The minimum absolute atomic E-state index is 0.0108. The van der Waals surface area contributed by atoms with Gasteiger partial charge < -0.3 is 20.1 Å². The zero-order chi connectivity index (χ0) is 20.0. The standard InChI is InChI=1S/C19H19BrN2O6/c1-8(23)21-9-2-4-10(5-3-9)22-13(24)7-27-18(25)14-11-6-12-15(14)19(26)28-17(12)16(11)20/h2-5,11-12,14-17H,6-7H2,1H3,(H,21,23)(H,22,24)/t11-,12-,14-,15-,16-,17+/m1/s1. The second-order valence-electron chi connectivity index (χ2n) is 7.38. The molecule has 2 aliphatic carbocycles. The maximum atomic E-state index is 12.5. The molecule has 1 aromatic rings. The van der Waals surface area contributed by atoms with Crippen LogP contribution in [0.25, 0.3) is 0 Å². The molecule has 2 saturated carbocycles. The van der Waals surface area contributed by atoms with E-state index >= 15 is 0 Å². The van der Waals surface area contributed by atoms with E-state index in [2.05, 4.69) is 26.6 Å². The van der Waals surface area contributed by atoms with Crippen molar-refractivity contribution in [3.63, 3.8) is 0 Å². The van der Waals surface area contributed by atoms with Crippen LogP contribution in [0.15, 0.2) is 24.3 Å². The third kappa shape index (κ3) is 3.28. The molecule has 1 aliphatic heterocycles. The van der Waals surface area contributed by atoms with Crippen LogP contribution in [-0.4, -0.2) is 41.3 Å². The van der Waals surface area contributed by atoms with Gasteiger partial charge in [0, 0.05) is 24.2 Å². The number of rotatable bonds is 5. The molecule has 1 aromatic carbocycles. The number of hydrogen-bond acceptors (Lipinski definition) is 6. The van der Waals surface area contributed by atoms with Crippen LogP contribution in [0.2, 0.25) is 0 Å². The molecule has 2 N–H and O–H groups in total. The van der Waals surface area contributed by atoms with E-state index in [1.54, 1.807) is 24.3 Å². The van der Waals surface area contributed by atoms with E-state index < -0.39 is 30.3 Å². The average molecular weight is 451 g/mol. The van der Waals surface area contributed by atoms with E-state index in [0.29, 0.717) is 11.4 Å². The lowest BCUT2D eigenvalue weighted by Gasteiger charge is -2.26. The Kier molecular flexibility index (Phi) is 4.86. The van der Waals surface area contributed by atoms with Gasteiger partial charge in [-0.15, -0.1) is 0 Å². The highest BCUT2D eigenvalue weighted by molar-refractivity contribution is 9.09. The Labute approximate surface area is 169 Å². The number of hydrogen-bond donors (Lipinski definition) is 2. The lowest BCUT2D eigenvalue weighted by Crippen LogP contribution is -2.39. The van der Waals surface area contributed by atoms with E-state index in [9.17, 15) is 19.2 Å². The van der Waals surface area contributed by atoms with Gasteiger partial charge in [0.15, 0.2) is 6.61 Å². The number of halogens is 1.